The van der Waals surface area contributed by atoms with Gasteiger partial charge < -0.3 is 35.0 Å². The molecule has 5 N–H and O–H groups in total. The predicted octanol–water partition coefficient (Wildman–Crippen LogP) is 0.565. The number of hydrogen-bond acceptors (Lipinski definition) is 7. The van der Waals surface area contributed by atoms with Gasteiger partial charge >= 0.3 is 0 Å². The second-order valence-corrected chi connectivity index (χ2v) is 7.15. The first-order valence-electron chi connectivity index (χ1n) is 9.25. The van der Waals surface area contributed by atoms with Crippen LogP contribution in [0, 0.1) is 5.82 Å². The number of halogens is 1. The molecule has 1 aliphatic rings. The van der Waals surface area contributed by atoms with Gasteiger partial charge in [-0.2, -0.15) is 0 Å². The normalized spacial score (nSPS) is 27.1. The van der Waals surface area contributed by atoms with Gasteiger partial charge in [-0.1, -0.05) is 12.1 Å². The molecule has 7 nitrogen and oxygen atoms in total. The number of aliphatic hydroxyl groups is 5. The van der Waals surface area contributed by atoms with Crippen molar-refractivity contribution >= 4 is 0 Å². The second-order valence-electron chi connectivity index (χ2n) is 7.15. The Kier molecular flexibility index (Phi) is 6.52. The highest BCUT2D eigenvalue weighted by molar-refractivity contribution is 5.41. The maximum Gasteiger partial charge on any atom is 0.222 e. The summed E-state index contributed by atoms with van der Waals surface area (Å²) in [6, 6.07) is 9.35. The van der Waals surface area contributed by atoms with Crippen LogP contribution < -0.4 is 4.74 Å². The molecule has 0 spiro atoms. The number of hydrogen-bond donors (Lipinski definition) is 5. The van der Waals surface area contributed by atoms with Crippen molar-refractivity contribution < 1.29 is 39.4 Å². The zero-order valence-corrected chi connectivity index (χ0v) is 16.0. The lowest BCUT2D eigenvalue weighted by molar-refractivity contribution is -0.334. The van der Waals surface area contributed by atoms with Crippen molar-refractivity contribution in [1.82, 2.24) is 0 Å². The monoisotopic (exact) mass is 408 g/mol. The first-order chi connectivity index (χ1) is 13.8. The summed E-state index contributed by atoms with van der Waals surface area (Å²) in [5.74, 6) is -2.53. The van der Waals surface area contributed by atoms with Gasteiger partial charge in [-0.3, -0.25) is 0 Å². The maximum atomic E-state index is 15.0. The quantitative estimate of drug-likeness (QED) is 0.474. The van der Waals surface area contributed by atoms with Crippen LogP contribution in [0.4, 0.5) is 4.39 Å². The van der Waals surface area contributed by atoms with Crippen LogP contribution >= 0.6 is 0 Å². The molecule has 0 unspecified atom stereocenters. The average molecular weight is 408 g/mol. The molecule has 1 heterocycles. The van der Waals surface area contributed by atoms with E-state index in [0.29, 0.717) is 11.3 Å². The molecule has 2 aromatic carbocycles. The molecule has 4 atom stereocenters. The summed E-state index contributed by atoms with van der Waals surface area (Å²) in [4.78, 5) is 0. The average Bonchev–Trinajstić information content (AvgIpc) is 2.73. The predicted molar refractivity (Wildman–Crippen MR) is 101 cm³/mol. The zero-order valence-electron chi connectivity index (χ0n) is 16.0. The van der Waals surface area contributed by atoms with Crippen LogP contribution in [-0.2, 0) is 23.6 Å². The lowest BCUT2D eigenvalue weighted by Crippen LogP contribution is -2.57. The number of rotatable bonds is 6. The van der Waals surface area contributed by atoms with E-state index in [0.717, 1.165) is 6.07 Å². The molecular formula is C21H25FO7. The molecule has 0 bridgehead atoms. The smallest absolute Gasteiger partial charge is 0.222 e. The highest BCUT2D eigenvalue weighted by Gasteiger charge is 2.50. The fourth-order valence-corrected chi connectivity index (χ4v) is 3.60. The molecule has 29 heavy (non-hydrogen) atoms. The van der Waals surface area contributed by atoms with Gasteiger partial charge in [0.2, 0.25) is 5.79 Å². The third kappa shape index (κ3) is 4.28. The van der Waals surface area contributed by atoms with Crippen molar-refractivity contribution in [3.8, 4) is 5.75 Å². The molecular weight excluding hydrogens is 383 g/mol. The molecule has 0 radical (unpaired) electrons. The van der Waals surface area contributed by atoms with Crippen molar-refractivity contribution in [3.63, 3.8) is 0 Å². The van der Waals surface area contributed by atoms with E-state index in [9.17, 15) is 29.9 Å². The molecule has 0 amide bonds. The van der Waals surface area contributed by atoms with Crippen LogP contribution in [0.1, 0.15) is 28.7 Å². The van der Waals surface area contributed by atoms with Crippen LogP contribution in [0.25, 0.3) is 0 Å². The minimum Gasteiger partial charge on any atom is -0.497 e. The second kappa shape index (κ2) is 8.74. The summed E-state index contributed by atoms with van der Waals surface area (Å²) in [6.07, 6.45) is -4.15. The number of aliphatic hydroxyl groups excluding tert-OH is 4. The number of ether oxygens (including phenoxy) is 2. The van der Waals surface area contributed by atoms with Crippen LogP contribution in [0.2, 0.25) is 0 Å². The fourth-order valence-electron chi connectivity index (χ4n) is 3.60. The Bertz CT molecular complexity index is 842. The summed E-state index contributed by atoms with van der Waals surface area (Å²) in [7, 11) is 1.53. The largest absolute Gasteiger partial charge is 0.497 e. The van der Waals surface area contributed by atoms with Gasteiger partial charge in [0.1, 0.15) is 17.7 Å². The molecule has 0 saturated carbocycles. The number of methoxy groups -OCH3 is 1. The molecule has 2 aromatic rings. The van der Waals surface area contributed by atoms with Crippen LogP contribution in [0.3, 0.4) is 0 Å². The first-order valence-corrected chi connectivity index (χ1v) is 9.25. The van der Waals surface area contributed by atoms with Crippen LogP contribution in [-0.4, -0.2) is 57.6 Å². The molecule has 1 saturated heterocycles. The standard InChI is InChI=1S/C21H25FO7/c1-28-14-4-2-12(3-5-14)6-16-17(7-13(10-23)8-18(16)22)21(27)20(26)19(25)9-15(11-24)29-21/h2-5,7-8,15,19-20,23-27H,6,9-11H2,1H3/t15-,19-,20+,21+/m0/s1. The summed E-state index contributed by atoms with van der Waals surface area (Å²) in [5, 5.41) is 50.7. The van der Waals surface area contributed by atoms with E-state index < -0.39 is 43.1 Å². The third-order valence-electron chi connectivity index (χ3n) is 5.18. The van der Waals surface area contributed by atoms with Crippen molar-refractivity contribution in [2.45, 2.75) is 43.5 Å². The summed E-state index contributed by atoms with van der Waals surface area (Å²) < 4.78 is 25.6. The van der Waals surface area contributed by atoms with Crippen LogP contribution in [0.5, 0.6) is 5.75 Å². The van der Waals surface area contributed by atoms with E-state index in [-0.39, 0.29) is 29.5 Å². The van der Waals surface area contributed by atoms with Gasteiger partial charge in [0, 0.05) is 24.0 Å². The molecule has 1 aliphatic heterocycles. The maximum absolute atomic E-state index is 15.0. The lowest BCUT2D eigenvalue weighted by atomic mass is 9.85. The van der Waals surface area contributed by atoms with Gasteiger partial charge in [0.25, 0.3) is 0 Å². The van der Waals surface area contributed by atoms with Gasteiger partial charge in [0.05, 0.1) is 32.5 Å². The van der Waals surface area contributed by atoms with E-state index in [1.165, 1.54) is 13.2 Å². The van der Waals surface area contributed by atoms with Gasteiger partial charge in [0.15, 0.2) is 0 Å². The lowest BCUT2D eigenvalue weighted by Gasteiger charge is -2.44. The summed E-state index contributed by atoms with van der Waals surface area (Å²) in [6.45, 7) is -0.993. The SMILES string of the molecule is COc1ccc(Cc2c(F)cc(CO)cc2[C@@]2(O)O[C@H](CO)C[C@H](O)[C@H]2O)cc1. The highest BCUT2D eigenvalue weighted by Crippen LogP contribution is 2.39. The Hall–Kier alpha value is -2.07. The van der Waals surface area contributed by atoms with E-state index in [1.807, 2.05) is 0 Å². The Morgan fingerprint density at radius 1 is 1.14 bits per heavy atom. The molecule has 1 fully saturated rings. The highest BCUT2D eigenvalue weighted by atomic mass is 19.1. The molecule has 8 heteroatoms. The summed E-state index contributed by atoms with van der Waals surface area (Å²) >= 11 is 0. The minimum absolute atomic E-state index is 0.0414. The minimum atomic E-state index is -2.46. The fraction of sp³-hybridized carbons (Fsp3) is 0.429. The first kappa shape index (κ1) is 21.6. The van der Waals surface area contributed by atoms with Crippen LogP contribution in [0.15, 0.2) is 36.4 Å². The van der Waals surface area contributed by atoms with Crippen molar-refractivity contribution in [1.29, 1.82) is 0 Å². The van der Waals surface area contributed by atoms with Gasteiger partial charge in [-0.25, -0.2) is 4.39 Å². The van der Waals surface area contributed by atoms with Gasteiger partial charge in [-0.15, -0.1) is 0 Å². The van der Waals surface area contributed by atoms with E-state index in [2.05, 4.69) is 0 Å². The van der Waals surface area contributed by atoms with Crippen molar-refractivity contribution in [2.24, 2.45) is 0 Å². The molecule has 0 aromatic heterocycles. The Labute approximate surface area is 167 Å². The zero-order chi connectivity index (χ0) is 21.2. The third-order valence-corrected chi connectivity index (χ3v) is 5.18. The van der Waals surface area contributed by atoms with Crippen molar-refractivity contribution in [3.05, 3.63) is 64.5 Å². The van der Waals surface area contributed by atoms with Crippen molar-refractivity contribution in [2.75, 3.05) is 13.7 Å². The molecule has 158 valence electrons. The van der Waals surface area contributed by atoms with E-state index in [4.69, 9.17) is 9.47 Å². The number of benzene rings is 2. The Morgan fingerprint density at radius 3 is 2.41 bits per heavy atom. The topological polar surface area (TPSA) is 120 Å². The summed E-state index contributed by atoms with van der Waals surface area (Å²) in [5.41, 5.74) is 0.804. The van der Waals surface area contributed by atoms with Gasteiger partial charge in [-0.05, 0) is 35.4 Å². The molecule has 0 aliphatic carbocycles. The Balaban J connectivity index is 2.09. The molecule has 3 rings (SSSR count). The Morgan fingerprint density at radius 2 is 1.83 bits per heavy atom. The van der Waals surface area contributed by atoms with E-state index in [1.54, 1.807) is 24.3 Å². The van der Waals surface area contributed by atoms with E-state index >= 15 is 0 Å².